The fourth-order valence-electron chi connectivity index (χ4n) is 1.06. The highest BCUT2D eigenvalue weighted by atomic mass is 16.5. The molecule has 0 unspecified atom stereocenters. The van der Waals surface area contributed by atoms with E-state index in [1.807, 2.05) is 13.8 Å². The summed E-state index contributed by atoms with van der Waals surface area (Å²) in [5, 5.41) is 6.92. The molecule has 1 aromatic heterocycles. The summed E-state index contributed by atoms with van der Waals surface area (Å²) in [6, 6.07) is 0. The Morgan fingerprint density at radius 2 is 2.36 bits per heavy atom. The van der Waals surface area contributed by atoms with Crippen LogP contribution in [0.4, 0.5) is 0 Å². The van der Waals surface area contributed by atoms with Crippen molar-refractivity contribution >= 4 is 0 Å². The van der Waals surface area contributed by atoms with E-state index < -0.39 is 0 Å². The second-order valence-electron chi connectivity index (χ2n) is 2.20. The molecular formula is C8H14N2O. The first-order chi connectivity index (χ1) is 5.47. The highest BCUT2D eigenvalue weighted by Gasteiger charge is 2.11. The minimum atomic E-state index is 0.916. The van der Waals surface area contributed by atoms with Crippen LogP contribution in [-0.2, 0) is 13.0 Å². The van der Waals surface area contributed by atoms with E-state index in [2.05, 4.69) is 10.5 Å². The van der Waals surface area contributed by atoms with Gasteiger partial charge in [0.05, 0.1) is 6.20 Å². The molecule has 0 bridgehead atoms. The number of nitrogens with zero attached hydrogens (tertiary/aromatic N) is 1. The average Bonchev–Trinajstić information content (AvgIpc) is 2.55. The van der Waals surface area contributed by atoms with Crippen LogP contribution in [0.1, 0.15) is 25.2 Å². The van der Waals surface area contributed by atoms with E-state index in [0.29, 0.717) is 0 Å². The standard InChI is InChI=1S/C6H8N2O.C2H6/c1-2-7-3-5-4-8-9-6(1)5;1-2/h4,7H,1-3H2;1-2H3. The Kier molecular flexibility index (Phi) is 3.11. The second-order valence-corrected chi connectivity index (χ2v) is 2.20. The fraction of sp³-hybridized carbons (Fsp3) is 0.625. The Labute approximate surface area is 66.8 Å². The zero-order valence-electron chi connectivity index (χ0n) is 7.05. The van der Waals surface area contributed by atoms with Crippen molar-refractivity contribution < 1.29 is 4.52 Å². The molecule has 3 nitrogen and oxygen atoms in total. The molecule has 1 N–H and O–H groups in total. The van der Waals surface area contributed by atoms with Crippen LogP contribution in [0.2, 0.25) is 0 Å². The maximum absolute atomic E-state index is 4.97. The minimum Gasteiger partial charge on any atom is -0.361 e. The molecule has 0 amide bonds. The third kappa shape index (κ3) is 1.80. The van der Waals surface area contributed by atoms with Gasteiger partial charge in [-0.2, -0.15) is 0 Å². The predicted molar refractivity (Wildman–Crippen MR) is 43.3 cm³/mol. The van der Waals surface area contributed by atoms with Gasteiger partial charge in [0.2, 0.25) is 0 Å². The lowest BCUT2D eigenvalue weighted by Crippen LogP contribution is -2.22. The normalized spacial score (nSPS) is 14.7. The van der Waals surface area contributed by atoms with Crippen LogP contribution >= 0.6 is 0 Å². The summed E-state index contributed by atoms with van der Waals surface area (Å²) in [6.45, 7) is 5.93. The van der Waals surface area contributed by atoms with Gasteiger partial charge < -0.3 is 9.84 Å². The number of hydrogen-bond donors (Lipinski definition) is 1. The largest absolute Gasteiger partial charge is 0.361 e. The summed E-state index contributed by atoms with van der Waals surface area (Å²) in [7, 11) is 0. The van der Waals surface area contributed by atoms with Crippen LogP contribution in [0.25, 0.3) is 0 Å². The van der Waals surface area contributed by atoms with Crippen molar-refractivity contribution in [2.75, 3.05) is 6.54 Å². The van der Waals surface area contributed by atoms with E-state index in [9.17, 15) is 0 Å². The lowest BCUT2D eigenvalue weighted by Gasteiger charge is -2.08. The third-order valence-corrected chi connectivity index (χ3v) is 1.57. The summed E-state index contributed by atoms with van der Waals surface area (Å²) in [4.78, 5) is 0. The summed E-state index contributed by atoms with van der Waals surface area (Å²) in [5.41, 5.74) is 1.21. The van der Waals surface area contributed by atoms with E-state index in [4.69, 9.17) is 4.52 Å². The summed E-state index contributed by atoms with van der Waals surface area (Å²) in [6.07, 6.45) is 2.76. The van der Waals surface area contributed by atoms with Crippen LogP contribution in [-0.4, -0.2) is 11.7 Å². The highest BCUT2D eigenvalue weighted by Crippen LogP contribution is 2.10. The molecule has 0 spiro atoms. The van der Waals surface area contributed by atoms with E-state index in [1.54, 1.807) is 6.20 Å². The van der Waals surface area contributed by atoms with E-state index >= 15 is 0 Å². The molecule has 0 aromatic carbocycles. The Balaban J connectivity index is 0.000000281. The first kappa shape index (κ1) is 8.27. The lowest BCUT2D eigenvalue weighted by molar-refractivity contribution is 0.372. The van der Waals surface area contributed by atoms with Gasteiger partial charge in [-0.3, -0.25) is 0 Å². The maximum Gasteiger partial charge on any atom is 0.142 e. The first-order valence-electron chi connectivity index (χ1n) is 4.10. The summed E-state index contributed by atoms with van der Waals surface area (Å²) < 4.78 is 4.97. The van der Waals surface area contributed by atoms with Crippen molar-refractivity contribution in [2.24, 2.45) is 0 Å². The molecule has 2 heterocycles. The van der Waals surface area contributed by atoms with Crippen LogP contribution in [0.3, 0.4) is 0 Å². The predicted octanol–water partition coefficient (Wildman–Crippen LogP) is 1.35. The topological polar surface area (TPSA) is 38.1 Å². The van der Waals surface area contributed by atoms with Crippen molar-refractivity contribution in [1.29, 1.82) is 0 Å². The molecule has 3 heteroatoms. The fourth-order valence-corrected chi connectivity index (χ4v) is 1.06. The number of fused-ring (bicyclic) bond motifs is 1. The first-order valence-corrected chi connectivity index (χ1v) is 4.10. The number of hydrogen-bond acceptors (Lipinski definition) is 3. The summed E-state index contributed by atoms with van der Waals surface area (Å²) in [5.74, 6) is 1.05. The van der Waals surface area contributed by atoms with Crippen LogP contribution in [0.5, 0.6) is 0 Å². The Morgan fingerprint density at radius 1 is 1.55 bits per heavy atom. The van der Waals surface area contributed by atoms with Gasteiger partial charge in [0.25, 0.3) is 0 Å². The molecule has 0 radical (unpaired) electrons. The third-order valence-electron chi connectivity index (χ3n) is 1.57. The second kappa shape index (κ2) is 4.13. The molecule has 1 aromatic rings. The monoisotopic (exact) mass is 154 g/mol. The van der Waals surface area contributed by atoms with E-state index in [-0.39, 0.29) is 0 Å². The van der Waals surface area contributed by atoms with Crippen LogP contribution < -0.4 is 5.32 Å². The minimum absolute atomic E-state index is 0.916. The van der Waals surface area contributed by atoms with Gasteiger partial charge in [0.1, 0.15) is 5.76 Å². The van der Waals surface area contributed by atoms with E-state index in [0.717, 1.165) is 25.3 Å². The van der Waals surface area contributed by atoms with Gasteiger partial charge >= 0.3 is 0 Å². The maximum atomic E-state index is 4.97. The van der Waals surface area contributed by atoms with Gasteiger partial charge in [-0.15, -0.1) is 0 Å². The molecular weight excluding hydrogens is 140 g/mol. The van der Waals surface area contributed by atoms with Gasteiger partial charge in [0, 0.05) is 25.1 Å². The Morgan fingerprint density at radius 3 is 3.09 bits per heavy atom. The summed E-state index contributed by atoms with van der Waals surface area (Å²) >= 11 is 0. The van der Waals surface area contributed by atoms with Gasteiger partial charge in [-0.05, 0) is 0 Å². The molecule has 62 valence electrons. The zero-order valence-corrected chi connectivity index (χ0v) is 7.05. The van der Waals surface area contributed by atoms with Crippen molar-refractivity contribution in [3.63, 3.8) is 0 Å². The van der Waals surface area contributed by atoms with Gasteiger partial charge in [0.15, 0.2) is 0 Å². The molecule has 0 saturated heterocycles. The molecule has 0 aliphatic carbocycles. The van der Waals surface area contributed by atoms with Crippen molar-refractivity contribution in [2.45, 2.75) is 26.8 Å². The van der Waals surface area contributed by atoms with E-state index in [1.165, 1.54) is 5.56 Å². The van der Waals surface area contributed by atoms with Crippen LogP contribution in [0, 0.1) is 0 Å². The highest BCUT2D eigenvalue weighted by molar-refractivity contribution is 5.15. The quantitative estimate of drug-likeness (QED) is 0.613. The number of nitrogens with one attached hydrogen (secondary N) is 1. The lowest BCUT2D eigenvalue weighted by atomic mass is 10.1. The van der Waals surface area contributed by atoms with Crippen LogP contribution in [0.15, 0.2) is 10.7 Å². The number of aromatic nitrogens is 1. The molecule has 0 atom stereocenters. The Hall–Kier alpha value is -0.830. The zero-order chi connectivity index (χ0) is 8.10. The smallest absolute Gasteiger partial charge is 0.142 e. The molecule has 2 rings (SSSR count). The van der Waals surface area contributed by atoms with Crippen molar-refractivity contribution in [1.82, 2.24) is 10.5 Å². The van der Waals surface area contributed by atoms with Crippen molar-refractivity contribution in [3.05, 3.63) is 17.5 Å². The molecule has 11 heavy (non-hydrogen) atoms. The molecule has 1 aliphatic heterocycles. The van der Waals surface area contributed by atoms with Gasteiger partial charge in [-0.25, -0.2) is 0 Å². The van der Waals surface area contributed by atoms with Gasteiger partial charge in [-0.1, -0.05) is 19.0 Å². The molecule has 1 aliphatic rings. The van der Waals surface area contributed by atoms with Crippen molar-refractivity contribution in [3.8, 4) is 0 Å². The number of rotatable bonds is 0. The molecule has 0 saturated carbocycles. The molecule has 0 fully saturated rings. The average molecular weight is 154 g/mol. The SMILES string of the molecule is CC.c1noc2c1CNCC2. The Bertz CT molecular complexity index is 187.